The number of hydrogen-bond acceptors (Lipinski definition) is 7. The highest BCUT2D eigenvalue weighted by Crippen LogP contribution is 2.02. The Balaban J connectivity index is 2.88. The van der Waals surface area contributed by atoms with Crippen LogP contribution in [0.1, 0.15) is 19.5 Å². The molecule has 8 N–H and O–H groups in total. The zero-order valence-corrected chi connectivity index (χ0v) is 14.9. The van der Waals surface area contributed by atoms with Gasteiger partial charge in [0.1, 0.15) is 18.6 Å². The van der Waals surface area contributed by atoms with Crippen LogP contribution in [0.15, 0.2) is 12.5 Å². The van der Waals surface area contributed by atoms with Crippen molar-refractivity contribution in [1.29, 1.82) is 0 Å². The van der Waals surface area contributed by atoms with Gasteiger partial charge in [-0.2, -0.15) is 0 Å². The Morgan fingerprint density at radius 1 is 1.19 bits per heavy atom. The van der Waals surface area contributed by atoms with E-state index >= 15 is 0 Å². The normalized spacial score (nSPS) is 15.1. The molecule has 4 atom stereocenters. The highest BCUT2D eigenvalue weighted by atomic mass is 16.4. The first kappa shape index (κ1) is 22.1. The average Bonchev–Trinajstić information content (AvgIpc) is 3.09. The molecular weight excluding hydrogens is 360 g/mol. The fourth-order valence-corrected chi connectivity index (χ4v) is 2.06. The van der Waals surface area contributed by atoms with Crippen molar-refractivity contribution in [2.75, 3.05) is 6.54 Å². The van der Waals surface area contributed by atoms with Crippen LogP contribution in [-0.4, -0.2) is 74.6 Å². The number of H-pyrrole nitrogens is 1. The highest BCUT2D eigenvalue weighted by molar-refractivity contribution is 5.94. The molecule has 0 aromatic carbocycles. The molecule has 150 valence electrons. The minimum absolute atomic E-state index is 0.0353. The van der Waals surface area contributed by atoms with E-state index in [2.05, 4.69) is 25.9 Å². The summed E-state index contributed by atoms with van der Waals surface area (Å²) in [6.45, 7) is 2.03. The molecule has 0 aliphatic carbocycles. The fraction of sp³-hybridized carbons (Fsp3) is 0.533. The van der Waals surface area contributed by atoms with Gasteiger partial charge in [-0.25, -0.2) is 4.98 Å². The molecule has 12 nitrogen and oxygen atoms in total. The van der Waals surface area contributed by atoms with Crippen LogP contribution in [-0.2, 0) is 25.6 Å². The Bertz CT molecular complexity index is 660. The third-order valence-electron chi connectivity index (χ3n) is 3.50. The maximum absolute atomic E-state index is 12.6. The second-order valence-electron chi connectivity index (χ2n) is 5.97. The minimum atomic E-state index is -1.41. The number of aliphatic hydroxyl groups excluding tert-OH is 1. The molecule has 0 radical (unpaired) electrons. The molecule has 0 bridgehead atoms. The molecular formula is C15H24N6O6. The molecule has 1 heterocycles. The zero-order chi connectivity index (χ0) is 20.6. The van der Waals surface area contributed by atoms with Gasteiger partial charge in [-0.1, -0.05) is 0 Å². The predicted molar refractivity (Wildman–Crippen MR) is 92.1 cm³/mol. The van der Waals surface area contributed by atoms with Gasteiger partial charge < -0.3 is 36.9 Å². The Morgan fingerprint density at radius 3 is 2.33 bits per heavy atom. The van der Waals surface area contributed by atoms with Crippen LogP contribution >= 0.6 is 0 Å². The number of aliphatic hydroxyl groups is 1. The summed E-state index contributed by atoms with van der Waals surface area (Å²) in [5.74, 6) is -3.49. The molecule has 12 heteroatoms. The number of rotatable bonds is 10. The van der Waals surface area contributed by atoms with E-state index in [9.17, 15) is 24.3 Å². The Morgan fingerprint density at radius 2 is 1.85 bits per heavy atom. The van der Waals surface area contributed by atoms with E-state index in [4.69, 9.17) is 10.8 Å². The van der Waals surface area contributed by atoms with Crippen molar-refractivity contribution in [3.05, 3.63) is 18.2 Å². The second-order valence-corrected chi connectivity index (χ2v) is 5.97. The van der Waals surface area contributed by atoms with Gasteiger partial charge in [-0.15, -0.1) is 0 Å². The fourth-order valence-electron chi connectivity index (χ4n) is 2.06. The molecule has 1 aromatic rings. The number of aromatic nitrogens is 2. The number of aliphatic carboxylic acids is 1. The molecule has 0 aliphatic rings. The minimum Gasteiger partial charge on any atom is -0.480 e. The molecule has 1 aromatic heterocycles. The molecule has 4 unspecified atom stereocenters. The SMILES string of the molecule is CC(N)C(=O)NC(Cc1cnc[nH]1)C(=O)NC(C(=O)NCC(=O)O)C(C)O. The zero-order valence-electron chi connectivity index (χ0n) is 14.9. The van der Waals surface area contributed by atoms with Crippen molar-refractivity contribution in [1.82, 2.24) is 25.9 Å². The Kier molecular flexibility index (Phi) is 8.35. The molecule has 27 heavy (non-hydrogen) atoms. The van der Waals surface area contributed by atoms with Gasteiger partial charge in [0.15, 0.2) is 0 Å². The summed E-state index contributed by atoms with van der Waals surface area (Å²) in [6.07, 6.45) is 1.59. The maximum Gasteiger partial charge on any atom is 0.322 e. The topological polar surface area (TPSA) is 200 Å². The third kappa shape index (κ3) is 7.42. The summed E-state index contributed by atoms with van der Waals surface area (Å²) in [7, 11) is 0. The number of hydrogen-bond donors (Lipinski definition) is 7. The van der Waals surface area contributed by atoms with Gasteiger partial charge in [0, 0.05) is 18.3 Å². The first-order valence-corrected chi connectivity index (χ1v) is 8.13. The highest BCUT2D eigenvalue weighted by Gasteiger charge is 2.30. The Labute approximate surface area is 154 Å². The summed E-state index contributed by atoms with van der Waals surface area (Å²) in [4.78, 5) is 53.6. The van der Waals surface area contributed by atoms with Gasteiger partial charge in [0.25, 0.3) is 0 Å². The van der Waals surface area contributed by atoms with Crippen molar-refractivity contribution >= 4 is 23.7 Å². The lowest BCUT2D eigenvalue weighted by Gasteiger charge is -2.24. The van der Waals surface area contributed by atoms with Gasteiger partial charge in [0.05, 0.1) is 18.5 Å². The predicted octanol–water partition coefficient (Wildman–Crippen LogP) is -3.15. The van der Waals surface area contributed by atoms with Crippen LogP contribution in [0.5, 0.6) is 0 Å². The summed E-state index contributed by atoms with van der Waals surface area (Å²) < 4.78 is 0. The molecule has 1 rings (SSSR count). The van der Waals surface area contributed by atoms with Gasteiger partial charge in [-0.3, -0.25) is 19.2 Å². The van der Waals surface area contributed by atoms with Crippen molar-refractivity contribution in [3.63, 3.8) is 0 Å². The number of carbonyl (C=O) groups is 4. The number of amides is 3. The number of nitrogens with zero attached hydrogens (tertiary/aromatic N) is 1. The quantitative estimate of drug-likeness (QED) is 0.219. The number of aromatic amines is 1. The van der Waals surface area contributed by atoms with Crippen LogP contribution in [0, 0.1) is 0 Å². The van der Waals surface area contributed by atoms with Gasteiger partial charge in [0.2, 0.25) is 17.7 Å². The second kappa shape index (κ2) is 10.2. The number of imidazole rings is 1. The smallest absolute Gasteiger partial charge is 0.322 e. The summed E-state index contributed by atoms with van der Waals surface area (Å²) >= 11 is 0. The van der Waals surface area contributed by atoms with Crippen molar-refractivity contribution in [2.24, 2.45) is 5.73 Å². The van der Waals surface area contributed by atoms with Gasteiger partial charge in [-0.05, 0) is 13.8 Å². The van der Waals surface area contributed by atoms with E-state index in [1.165, 1.54) is 26.4 Å². The lowest BCUT2D eigenvalue weighted by atomic mass is 10.1. The van der Waals surface area contributed by atoms with Crippen molar-refractivity contribution in [3.8, 4) is 0 Å². The summed E-state index contributed by atoms with van der Waals surface area (Å²) in [5, 5.41) is 25.2. The van der Waals surface area contributed by atoms with E-state index < -0.39 is 54.5 Å². The standard InChI is InChI=1S/C15H24N6O6/c1-7(16)13(25)20-10(3-9-4-17-6-19-9)14(26)21-12(8(2)22)15(27)18-5-11(23)24/h4,6-8,10,12,22H,3,5,16H2,1-2H3,(H,17,19)(H,18,27)(H,20,25)(H,21,26)(H,23,24). The lowest BCUT2D eigenvalue weighted by Crippen LogP contribution is -2.59. The largest absolute Gasteiger partial charge is 0.480 e. The maximum atomic E-state index is 12.6. The van der Waals surface area contributed by atoms with E-state index in [1.807, 2.05) is 0 Å². The molecule has 0 aliphatic heterocycles. The van der Waals surface area contributed by atoms with Gasteiger partial charge >= 0.3 is 5.97 Å². The Hall–Kier alpha value is -2.99. The first-order valence-electron chi connectivity index (χ1n) is 8.13. The third-order valence-corrected chi connectivity index (χ3v) is 3.50. The number of nitrogens with two attached hydrogens (primary N) is 1. The number of carbonyl (C=O) groups excluding carboxylic acids is 3. The van der Waals surface area contributed by atoms with E-state index in [0.29, 0.717) is 5.69 Å². The first-order chi connectivity index (χ1) is 12.6. The molecule has 0 fully saturated rings. The average molecular weight is 384 g/mol. The molecule has 0 saturated heterocycles. The van der Waals surface area contributed by atoms with Crippen LogP contribution in [0.25, 0.3) is 0 Å². The van der Waals surface area contributed by atoms with Crippen molar-refractivity contribution in [2.45, 2.75) is 44.5 Å². The van der Waals surface area contributed by atoms with Crippen LogP contribution in [0.4, 0.5) is 0 Å². The van der Waals surface area contributed by atoms with E-state index in [1.54, 1.807) is 0 Å². The molecule has 0 spiro atoms. The van der Waals surface area contributed by atoms with Crippen LogP contribution in [0.3, 0.4) is 0 Å². The number of carboxylic acids is 1. The summed E-state index contributed by atoms with van der Waals surface area (Å²) in [5.41, 5.74) is 6.05. The van der Waals surface area contributed by atoms with E-state index in [0.717, 1.165) is 0 Å². The number of carboxylic acid groups (broad SMARTS) is 1. The molecule has 3 amide bonds. The summed E-state index contributed by atoms with van der Waals surface area (Å²) in [6, 6.07) is -3.38. The monoisotopic (exact) mass is 384 g/mol. The van der Waals surface area contributed by atoms with Crippen LogP contribution in [0.2, 0.25) is 0 Å². The number of nitrogens with one attached hydrogen (secondary N) is 4. The lowest BCUT2D eigenvalue weighted by molar-refractivity contribution is -0.139. The molecule has 0 saturated carbocycles. The van der Waals surface area contributed by atoms with Crippen molar-refractivity contribution < 1.29 is 29.4 Å². The van der Waals surface area contributed by atoms with Crippen LogP contribution < -0.4 is 21.7 Å². The van der Waals surface area contributed by atoms with E-state index in [-0.39, 0.29) is 6.42 Å².